The molecule has 0 radical (unpaired) electrons. The smallest absolute Gasteiger partial charge is 0.106 e. The number of hydrogen-bond donors (Lipinski definition) is 1. The molecule has 2 rings (SSSR count). The van der Waals surface area contributed by atoms with Gasteiger partial charge in [0.15, 0.2) is 0 Å². The van der Waals surface area contributed by atoms with Crippen LogP contribution in [0.3, 0.4) is 0 Å². The number of pyridine rings is 1. The summed E-state index contributed by atoms with van der Waals surface area (Å²) in [5, 5.41) is 10.6. The van der Waals surface area contributed by atoms with E-state index in [0.29, 0.717) is 0 Å². The first-order valence-corrected chi connectivity index (χ1v) is 6.74. The van der Waals surface area contributed by atoms with Crippen LogP contribution in [-0.4, -0.2) is 10.1 Å². The third-order valence-corrected chi connectivity index (χ3v) is 4.07. The van der Waals surface area contributed by atoms with Crippen LogP contribution >= 0.6 is 31.9 Å². The van der Waals surface area contributed by atoms with Crippen molar-refractivity contribution < 1.29 is 5.11 Å². The van der Waals surface area contributed by atoms with Gasteiger partial charge in [-0.3, -0.25) is 0 Å². The first-order chi connectivity index (χ1) is 7.12. The molecule has 1 heterocycles. The highest BCUT2D eigenvalue weighted by atomic mass is 79.9. The zero-order valence-corrected chi connectivity index (χ0v) is 11.5. The van der Waals surface area contributed by atoms with E-state index in [1.807, 2.05) is 6.07 Å². The van der Waals surface area contributed by atoms with E-state index in [0.717, 1.165) is 40.3 Å². The molecule has 1 N–H and O–H groups in total. The number of rotatable bonds is 1. The van der Waals surface area contributed by atoms with Crippen molar-refractivity contribution in [1.82, 2.24) is 4.98 Å². The fourth-order valence-corrected chi connectivity index (χ4v) is 3.09. The van der Waals surface area contributed by atoms with Crippen LogP contribution in [0.15, 0.2) is 21.3 Å². The van der Waals surface area contributed by atoms with Gasteiger partial charge >= 0.3 is 0 Å². The number of halogens is 2. The molecule has 1 fully saturated rings. The molecule has 1 saturated carbocycles. The van der Waals surface area contributed by atoms with Gasteiger partial charge < -0.3 is 5.11 Å². The third-order valence-electron chi connectivity index (χ3n) is 3.00. The molecule has 82 valence electrons. The Labute approximate surface area is 106 Å². The van der Waals surface area contributed by atoms with Crippen LogP contribution in [0.5, 0.6) is 0 Å². The maximum atomic E-state index is 10.6. The largest absolute Gasteiger partial charge is 0.385 e. The summed E-state index contributed by atoms with van der Waals surface area (Å²) in [7, 11) is 0. The van der Waals surface area contributed by atoms with Gasteiger partial charge in [-0.05, 0) is 50.8 Å². The Balaban J connectivity index is 2.38. The molecule has 0 unspecified atom stereocenters. The number of hydrogen-bond acceptors (Lipinski definition) is 2. The van der Waals surface area contributed by atoms with Crippen molar-refractivity contribution in [2.75, 3.05) is 0 Å². The molecule has 1 aromatic heterocycles. The molecule has 0 bridgehead atoms. The molecule has 1 aliphatic rings. The molecular weight excluding hydrogens is 322 g/mol. The van der Waals surface area contributed by atoms with Gasteiger partial charge in [-0.1, -0.05) is 19.3 Å². The van der Waals surface area contributed by atoms with Crippen molar-refractivity contribution in [3.05, 3.63) is 26.9 Å². The topological polar surface area (TPSA) is 33.1 Å². The summed E-state index contributed by atoms with van der Waals surface area (Å²) < 4.78 is 1.68. The third kappa shape index (κ3) is 2.43. The molecule has 1 aliphatic carbocycles. The van der Waals surface area contributed by atoms with Crippen LogP contribution in [0.4, 0.5) is 0 Å². The Hall–Kier alpha value is 0.0700. The quantitative estimate of drug-likeness (QED) is 0.793. The predicted octanol–water partition coefficient (Wildman–Crippen LogP) is 3.76. The lowest BCUT2D eigenvalue weighted by Crippen LogP contribution is -2.28. The minimum Gasteiger partial charge on any atom is -0.385 e. The fourth-order valence-electron chi connectivity index (χ4n) is 2.18. The molecule has 2 nitrogen and oxygen atoms in total. The second-order valence-electron chi connectivity index (χ2n) is 4.08. The summed E-state index contributed by atoms with van der Waals surface area (Å²) in [5.74, 6) is 0. The van der Waals surface area contributed by atoms with Crippen LogP contribution < -0.4 is 0 Å². The van der Waals surface area contributed by atoms with E-state index in [9.17, 15) is 5.11 Å². The van der Waals surface area contributed by atoms with E-state index in [4.69, 9.17) is 0 Å². The summed E-state index contributed by atoms with van der Waals surface area (Å²) in [6, 6.07) is 1.91. The summed E-state index contributed by atoms with van der Waals surface area (Å²) in [6.07, 6.45) is 6.87. The van der Waals surface area contributed by atoms with Gasteiger partial charge in [0.1, 0.15) is 4.60 Å². The molecule has 0 saturated heterocycles. The summed E-state index contributed by atoms with van der Waals surface area (Å²) >= 11 is 6.80. The lowest BCUT2D eigenvalue weighted by molar-refractivity contribution is -0.00143. The SMILES string of the molecule is OC1(c2cc(Br)ncc2Br)CCCCC1. The number of nitrogens with zero attached hydrogens (tertiary/aromatic N) is 1. The second-order valence-corrected chi connectivity index (χ2v) is 5.75. The van der Waals surface area contributed by atoms with E-state index >= 15 is 0 Å². The Morgan fingerprint density at radius 2 is 1.87 bits per heavy atom. The molecule has 4 heteroatoms. The van der Waals surface area contributed by atoms with E-state index in [1.54, 1.807) is 6.20 Å². The number of aromatic nitrogens is 1. The zero-order chi connectivity index (χ0) is 10.9. The van der Waals surface area contributed by atoms with Crippen LogP contribution in [-0.2, 0) is 5.60 Å². The average molecular weight is 335 g/mol. The summed E-state index contributed by atoms with van der Waals surface area (Å²) in [6.45, 7) is 0. The zero-order valence-electron chi connectivity index (χ0n) is 8.34. The van der Waals surface area contributed by atoms with E-state index in [-0.39, 0.29) is 0 Å². The van der Waals surface area contributed by atoms with Gasteiger partial charge in [0.05, 0.1) is 5.60 Å². The molecule has 0 spiro atoms. The van der Waals surface area contributed by atoms with Crippen molar-refractivity contribution in [3.63, 3.8) is 0 Å². The average Bonchev–Trinajstić information content (AvgIpc) is 2.23. The van der Waals surface area contributed by atoms with E-state index < -0.39 is 5.60 Å². The molecule has 0 amide bonds. The highest BCUT2D eigenvalue weighted by Gasteiger charge is 2.33. The van der Waals surface area contributed by atoms with Crippen LogP contribution in [0, 0.1) is 0 Å². The maximum absolute atomic E-state index is 10.6. The Morgan fingerprint density at radius 1 is 1.20 bits per heavy atom. The van der Waals surface area contributed by atoms with Gasteiger partial charge in [0, 0.05) is 16.2 Å². The summed E-state index contributed by atoms with van der Waals surface area (Å²) in [4.78, 5) is 4.12. The first kappa shape index (κ1) is 11.6. The Morgan fingerprint density at radius 3 is 2.53 bits per heavy atom. The molecule has 0 aromatic carbocycles. The molecule has 15 heavy (non-hydrogen) atoms. The van der Waals surface area contributed by atoms with Crippen LogP contribution in [0.25, 0.3) is 0 Å². The molecule has 0 atom stereocenters. The van der Waals surface area contributed by atoms with Crippen molar-refractivity contribution in [2.24, 2.45) is 0 Å². The normalized spacial score (nSPS) is 20.2. The van der Waals surface area contributed by atoms with Crippen molar-refractivity contribution in [3.8, 4) is 0 Å². The minimum absolute atomic E-state index is 0.664. The lowest BCUT2D eigenvalue weighted by atomic mass is 9.80. The minimum atomic E-state index is -0.664. The van der Waals surface area contributed by atoms with Gasteiger partial charge in [-0.15, -0.1) is 0 Å². The van der Waals surface area contributed by atoms with Gasteiger partial charge in [-0.2, -0.15) is 0 Å². The van der Waals surface area contributed by atoms with E-state index in [1.165, 1.54) is 6.42 Å². The van der Waals surface area contributed by atoms with Crippen molar-refractivity contribution >= 4 is 31.9 Å². The van der Waals surface area contributed by atoms with Gasteiger partial charge in [0.25, 0.3) is 0 Å². The van der Waals surface area contributed by atoms with Gasteiger partial charge in [-0.25, -0.2) is 4.98 Å². The van der Waals surface area contributed by atoms with Gasteiger partial charge in [0.2, 0.25) is 0 Å². The Bertz CT molecular complexity index is 362. The van der Waals surface area contributed by atoms with Crippen molar-refractivity contribution in [1.29, 1.82) is 0 Å². The standard InChI is InChI=1S/C11H13Br2NO/c12-9-7-14-10(13)6-8(9)11(15)4-2-1-3-5-11/h6-7,15H,1-5H2. The van der Waals surface area contributed by atoms with Crippen LogP contribution in [0.2, 0.25) is 0 Å². The molecule has 0 aliphatic heterocycles. The monoisotopic (exact) mass is 333 g/mol. The first-order valence-electron chi connectivity index (χ1n) is 5.16. The summed E-state index contributed by atoms with van der Waals surface area (Å²) in [5.41, 5.74) is 0.298. The van der Waals surface area contributed by atoms with E-state index in [2.05, 4.69) is 36.8 Å². The highest BCUT2D eigenvalue weighted by molar-refractivity contribution is 9.11. The predicted molar refractivity (Wildman–Crippen MR) is 66.6 cm³/mol. The maximum Gasteiger partial charge on any atom is 0.106 e. The molecular formula is C11H13Br2NO. The van der Waals surface area contributed by atoms with Crippen molar-refractivity contribution in [2.45, 2.75) is 37.7 Å². The lowest BCUT2D eigenvalue weighted by Gasteiger charge is -2.33. The van der Waals surface area contributed by atoms with Crippen LogP contribution in [0.1, 0.15) is 37.7 Å². The Kier molecular flexibility index (Phi) is 3.48. The fraction of sp³-hybridized carbons (Fsp3) is 0.545. The molecule has 1 aromatic rings. The second kappa shape index (κ2) is 4.52. The number of aliphatic hydroxyl groups is 1. The highest BCUT2D eigenvalue weighted by Crippen LogP contribution is 2.40.